The third-order valence-corrected chi connectivity index (χ3v) is 8.33. The summed E-state index contributed by atoms with van der Waals surface area (Å²) in [5.41, 5.74) is -0.692. The van der Waals surface area contributed by atoms with E-state index in [1.807, 2.05) is 42.5 Å². The molecule has 4 atom stereocenters. The predicted molar refractivity (Wildman–Crippen MR) is 124 cm³/mol. The summed E-state index contributed by atoms with van der Waals surface area (Å²) in [6.07, 6.45) is 8.15. The van der Waals surface area contributed by atoms with Crippen LogP contribution in [0.4, 0.5) is 0 Å². The van der Waals surface area contributed by atoms with Gasteiger partial charge in [0.2, 0.25) is 0 Å². The second-order valence-corrected chi connectivity index (χ2v) is 10.8. The highest BCUT2D eigenvalue weighted by Crippen LogP contribution is 2.47. The topological polar surface area (TPSA) is 38.7 Å². The van der Waals surface area contributed by atoms with Crippen LogP contribution in [0.3, 0.4) is 0 Å². The van der Waals surface area contributed by atoms with Gasteiger partial charge in [-0.15, -0.1) is 13.2 Å². The molecule has 0 aromatic heterocycles. The molecule has 29 heavy (non-hydrogen) atoms. The van der Waals surface area contributed by atoms with E-state index in [9.17, 15) is 4.21 Å². The Morgan fingerprint density at radius 1 is 1.14 bits per heavy atom. The molecule has 0 amide bonds. The van der Waals surface area contributed by atoms with E-state index < -0.39 is 15.3 Å². The maximum absolute atomic E-state index is 14.4. The van der Waals surface area contributed by atoms with E-state index in [-0.39, 0.29) is 12.0 Å². The van der Waals surface area contributed by atoms with Gasteiger partial charge in [-0.25, -0.2) is 8.57 Å². The molecule has 0 aliphatic carbocycles. The van der Waals surface area contributed by atoms with Gasteiger partial charge in [-0.1, -0.05) is 64.1 Å². The van der Waals surface area contributed by atoms with Crippen molar-refractivity contribution in [1.82, 2.24) is 0 Å². The molecule has 0 saturated carbocycles. The monoisotopic (exact) mass is 415 g/mol. The molecule has 1 heterocycles. The maximum atomic E-state index is 14.4. The van der Waals surface area contributed by atoms with Gasteiger partial charge in [-0.2, -0.15) is 0 Å². The van der Waals surface area contributed by atoms with Gasteiger partial charge in [-0.05, 0) is 43.2 Å². The molecule has 0 spiro atoms. The molecule has 1 aliphatic heterocycles. The average Bonchev–Trinajstić information content (AvgIpc) is 2.72. The van der Waals surface area contributed by atoms with Crippen LogP contribution in [0.1, 0.15) is 47.0 Å². The zero-order valence-electron chi connectivity index (χ0n) is 18.6. The summed E-state index contributed by atoms with van der Waals surface area (Å²) in [4.78, 5) is 1.53. The molecule has 0 N–H and O–H groups in total. The van der Waals surface area contributed by atoms with Gasteiger partial charge in [0.15, 0.2) is 0 Å². The Morgan fingerprint density at radius 3 is 2.28 bits per heavy atom. The molecule has 2 rings (SSSR count). The fourth-order valence-electron chi connectivity index (χ4n) is 4.25. The Balaban J connectivity index is 2.81. The largest absolute Gasteiger partial charge is 0.365 e. The van der Waals surface area contributed by atoms with Crippen molar-refractivity contribution in [3.8, 4) is 0 Å². The fourth-order valence-corrected chi connectivity index (χ4v) is 6.52. The molecule has 160 valence electrons. The number of hydrogen-bond acceptors (Lipinski definition) is 3. The lowest BCUT2D eigenvalue weighted by atomic mass is 9.78. The van der Waals surface area contributed by atoms with Gasteiger partial charge >= 0.3 is 0 Å². The third-order valence-electron chi connectivity index (χ3n) is 5.81. The number of benzene rings is 1. The summed E-state index contributed by atoms with van der Waals surface area (Å²) in [5, 5.41) is 0. The summed E-state index contributed by atoms with van der Waals surface area (Å²) < 4.78 is 25.8. The van der Waals surface area contributed by atoms with Crippen molar-refractivity contribution in [2.75, 3.05) is 7.05 Å². The van der Waals surface area contributed by atoms with Crippen LogP contribution in [-0.4, -0.2) is 23.0 Å². The Labute approximate surface area is 178 Å². The van der Waals surface area contributed by atoms with Crippen LogP contribution in [0.15, 0.2) is 75.9 Å². The van der Waals surface area contributed by atoms with Crippen LogP contribution < -0.4 is 0 Å². The van der Waals surface area contributed by atoms with Gasteiger partial charge in [0.05, 0.1) is 15.9 Å². The van der Waals surface area contributed by atoms with Crippen LogP contribution in [0.5, 0.6) is 0 Å². The van der Waals surface area contributed by atoms with Gasteiger partial charge in [-0.3, -0.25) is 0 Å². The molecule has 4 heteroatoms. The van der Waals surface area contributed by atoms with Gasteiger partial charge in [0, 0.05) is 13.0 Å². The second-order valence-electron chi connectivity index (χ2n) is 8.51. The minimum Gasteiger partial charge on any atom is -0.365 e. The predicted octanol–water partition coefficient (Wildman–Crippen LogP) is 6.64. The summed E-state index contributed by atoms with van der Waals surface area (Å²) in [6.45, 7) is 16.7. The Morgan fingerprint density at radius 2 is 1.79 bits per heavy atom. The van der Waals surface area contributed by atoms with E-state index in [1.165, 1.54) is 0 Å². The highest BCUT2D eigenvalue weighted by molar-refractivity contribution is 7.97. The van der Waals surface area contributed by atoms with Crippen LogP contribution in [0.25, 0.3) is 0 Å². The van der Waals surface area contributed by atoms with E-state index in [4.69, 9.17) is 4.74 Å². The van der Waals surface area contributed by atoms with Crippen molar-refractivity contribution in [3.05, 3.63) is 66.6 Å². The number of ether oxygens (including phenoxy) is 1. The molecule has 3 nitrogen and oxygen atoms in total. The normalized spacial score (nSPS) is 26.7. The van der Waals surface area contributed by atoms with E-state index >= 15 is 0 Å². The molecular formula is C25H37NO2S. The average molecular weight is 416 g/mol. The van der Waals surface area contributed by atoms with Crippen molar-refractivity contribution in [2.45, 2.75) is 63.6 Å². The van der Waals surface area contributed by atoms with Crippen molar-refractivity contribution < 1.29 is 8.95 Å². The molecule has 0 fully saturated rings. The Bertz CT molecular complexity index is 847. The first-order chi connectivity index (χ1) is 13.8. The molecule has 1 aliphatic rings. The zero-order valence-corrected chi connectivity index (χ0v) is 19.5. The SMILES string of the molecule is C=CCC[C@@]1(CC=C)O[C@@H](C(C)C)[C@H](C(C)C)C=C1[S@@](=O)(=NC)c1ccccc1. The van der Waals surface area contributed by atoms with Crippen LogP contribution >= 0.6 is 0 Å². The van der Waals surface area contributed by atoms with Crippen molar-refractivity contribution in [3.63, 3.8) is 0 Å². The van der Waals surface area contributed by atoms with E-state index in [0.29, 0.717) is 24.7 Å². The molecule has 0 unspecified atom stereocenters. The second kappa shape index (κ2) is 9.90. The highest BCUT2D eigenvalue weighted by atomic mass is 32.2. The third kappa shape index (κ3) is 4.75. The van der Waals surface area contributed by atoms with Gasteiger partial charge in [0.1, 0.15) is 15.3 Å². The number of nitrogens with zero attached hydrogens (tertiary/aromatic N) is 1. The standard InChI is InChI=1S/C25H37NO2S/c1-8-10-17-25(16-9-2)23(18-22(19(3)4)24(28-25)20(5)6)29(27,26-7)21-14-12-11-13-15-21/h8-9,11-15,18-20,22,24H,1-2,10,16-17H2,3-7H3/t22-,24-,25+,29+/m0/s1. The molecular weight excluding hydrogens is 378 g/mol. The van der Waals surface area contributed by atoms with E-state index in [2.05, 4.69) is 51.3 Å². The molecule has 1 aromatic rings. The van der Waals surface area contributed by atoms with Crippen molar-refractivity contribution >= 4 is 9.73 Å². The van der Waals surface area contributed by atoms with Crippen LogP contribution in [-0.2, 0) is 14.5 Å². The first kappa shape index (κ1) is 23.6. The van der Waals surface area contributed by atoms with Crippen molar-refractivity contribution in [2.24, 2.45) is 22.1 Å². The minimum absolute atomic E-state index is 0.0554. The number of hydrogen-bond donors (Lipinski definition) is 0. The number of rotatable bonds is 9. The van der Waals surface area contributed by atoms with E-state index in [0.717, 1.165) is 16.2 Å². The van der Waals surface area contributed by atoms with Crippen LogP contribution in [0, 0.1) is 17.8 Å². The van der Waals surface area contributed by atoms with Crippen LogP contribution in [0.2, 0.25) is 0 Å². The summed E-state index contributed by atoms with van der Waals surface area (Å²) in [5.74, 6) is 0.896. The Kier molecular flexibility index (Phi) is 8.07. The van der Waals surface area contributed by atoms with E-state index in [1.54, 1.807) is 7.05 Å². The molecule has 0 radical (unpaired) electrons. The lowest BCUT2D eigenvalue weighted by Crippen LogP contribution is -2.49. The van der Waals surface area contributed by atoms with Gasteiger partial charge in [0.25, 0.3) is 0 Å². The number of allylic oxidation sites excluding steroid dienone is 1. The molecule has 0 bridgehead atoms. The minimum atomic E-state index is -2.80. The highest BCUT2D eigenvalue weighted by Gasteiger charge is 2.48. The zero-order chi connectivity index (χ0) is 21.7. The first-order valence-electron chi connectivity index (χ1n) is 10.6. The lowest BCUT2D eigenvalue weighted by Gasteiger charge is -2.47. The quantitative estimate of drug-likeness (QED) is 0.424. The Hall–Kier alpha value is -1.65. The first-order valence-corrected chi connectivity index (χ1v) is 12.1. The summed E-state index contributed by atoms with van der Waals surface area (Å²) in [7, 11) is -1.15. The molecule has 0 saturated heterocycles. The van der Waals surface area contributed by atoms with Crippen molar-refractivity contribution in [1.29, 1.82) is 0 Å². The smallest absolute Gasteiger partial charge is 0.106 e. The summed E-state index contributed by atoms with van der Waals surface area (Å²) in [6, 6.07) is 9.58. The molecule has 1 aromatic carbocycles. The summed E-state index contributed by atoms with van der Waals surface area (Å²) >= 11 is 0. The fraction of sp³-hybridized carbons (Fsp3) is 0.520. The lowest BCUT2D eigenvalue weighted by molar-refractivity contribution is -0.121. The van der Waals surface area contributed by atoms with Gasteiger partial charge < -0.3 is 4.74 Å². The maximum Gasteiger partial charge on any atom is 0.106 e.